The molecule has 1 aromatic heterocycles. The van der Waals surface area contributed by atoms with E-state index in [-0.39, 0.29) is 11.8 Å². The average Bonchev–Trinajstić information content (AvgIpc) is 3.29. The van der Waals surface area contributed by atoms with Crippen molar-refractivity contribution in [1.29, 1.82) is 0 Å². The van der Waals surface area contributed by atoms with Crippen LogP contribution in [0.3, 0.4) is 0 Å². The zero-order valence-electron chi connectivity index (χ0n) is 13.6. The van der Waals surface area contributed by atoms with Crippen LogP contribution in [-0.2, 0) is 4.79 Å². The summed E-state index contributed by atoms with van der Waals surface area (Å²) in [6.45, 7) is 2.67. The summed E-state index contributed by atoms with van der Waals surface area (Å²) in [5.41, 5.74) is -0.382. The molecule has 24 heavy (non-hydrogen) atoms. The standard InChI is InChI=1S/C17H22N4O3/c22-14(13-5-7-18-16(19-13)20-8-1-2-9-20)21-10-12-4-3-6-17(12,11-21)15(23)24/h5,7,12H,1-4,6,8-11H2,(H,23,24)/t12-,17+/m0/s1. The monoisotopic (exact) mass is 330 g/mol. The fourth-order valence-corrected chi connectivity index (χ4v) is 4.49. The van der Waals surface area contributed by atoms with E-state index < -0.39 is 11.4 Å². The number of carboxylic acids is 1. The van der Waals surface area contributed by atoms with E-state index in [0.29, 0.717) is 31.2 Å². The Balaban J connectivity index is 1.54. The highest BCUT2D eigenvalue weighted by Gasteiger charge is 2.55. The predicted octanol–water partition coefficient (Wildman–Crippen LogP) is 1.40. The first-order chi connectivity index (χ1) is 11.6. The molecular weight excluding hydrogens is 308 g/mol. The number of carboxylic acid groups (broad SMARTS) is 1. The Labute approximate surface area is 140 Å². The van der Waals surface area contributed by atoms with Crippen LogP contribution in [0.15, 0.2) is 12.3 Å². The molecule has 0 spiro atoms. The van der Waals surface area contributed by atoms with E-state index in [4.69, 9.17) is 0 Å². The van der Waals surface area contributed by atoms with Gasteiger partial charge in [-0.15, -0.1) is 0 Å². The maximum Gasteiger partial charge on any atom is 0.311 e. The third kappa shape index (κ3) is 2.34. The maximum atomic E-state index is 12.8. The van der Waals surface area contributed by atoms with Crippen LogP contribution in [0, 0.1) is 11.3 Å². The quantitative estimate of drug-likeness (QED) is 0.901. The minimum absolute atomic E-state index is 0.0684. The van der Waals surface area contributed by atoms with Crippen LogP contribution in [0.4, 0.5) is 5.95 Å². The molecule has 128 valence electrons. The molecule has 4 rings (SSSR count). The van der Waals surface area contributed by atoms with Crippen molar-refractivity contribution in [1.82, 2.24) is 14.9 Å². The van der Waals surface area contributed by atoms with Gasteiger partial charge in [0.1, 0.15) is 5.69 Å². The number of likely N-dealkylation sites (tertiary alicyclic amines) is 1. The molecule has 7 nitrogen and oxygen atoms in total. The number of carbonyl (C=O) groups is 2. The van der Waals surface area contributed by atoms with Crippen molar-refractivity contribution in [3.8, 4) is 0 Å². The van der Waals surface area contributed by atoms with Gasteiger partial charge in [0.15, 0.2) is 0 Å². The molecule has 1 N–H and O–H groups in total. The third-order valence-corrected chi connectivity index (χ3v) is 5.83. The largest absolute Gasteiger partial charge is 0.481 e. The van der Waals surface area contributed by atoms with Gasteiger partial charge in [-0.25, -0.2) is 9.97 Å². The Morgan fingerprint density at radius 2 is 2.04 bits per heavy atom. The number of carbonyl (C=O) groups excluding carboxylic acids is 1. The van der Waals surface area contributed by atoms with Crippen molar-refractivity contribution >= 4 is 17.8 Å². The van der Waals surface area contributed by atoms with E-state index in [1.807, 2.05) is 0 Å². The molecule has 2 aliphatic heterocycles. The lowest BCUT2D eigenvalue weighted by atomic mass is 9.81. The molecular formula is C17H22N4O3. The van der Waals surface area contributed by atoms with Crippen LogP contribution < -0.4 is 4.90 Å². The van der Waals surface area contributed by atoms with Gasteiger partial charge in [-0.2, -0.15) is 0 Å². The van der Waals surface area contributed by atoms with E-state index in [0.717, 1.165) is 38.8 Å². The molecule has 1 saturated carbocycles. The summed E-state index contributed by atoms with van der Waals surface area (Å²) in [7, 11) is 0. The van der Waals surface area contributed by atoms with Crippen molar-refractivity contribution in [2.24, 2.45) is 11.3 Å². The lowest BCUT2D eigenvalue weighted by Gasteiger charge is -2.23. The van der Waals surface area contributed by atoms with E-state index in [1.165, 1.54) is 0 Å². The Hall–Kier alpha value is -2.18. The first-order valence-electron chi connectivity index (χ1n) is 8.71. The lowest BCUT2D eigenvalue weighted by molar-refractivity contribution is -0.149. The second-order valence-corrected chi connectivity index (χ2v) is 7.17. The summed E-state index contributed by atoms with van der Waals surface area (Å²) in [6.07, 6.45) is 6.36. The van der Waals surface area contributed by atoms with Gasteiger partial charge in [0.05, 0.1) is 5.41 Å². The van der Waals surface area contributed by atoms with E-state index >= 15 is 0 Å². The van der Waals surface area contributed by atoms with Crippen LogP contribution in [-0.4, -0.2) is 58.0 Å². The molecule has 3 aliphatic rings. The van der Waals surface area contributed by atoms with E-state index in [2.05, 4.69) is 14.9 Å². The Morgan fingerprint density at radius 1 is 1.25 bits per heavy atom. The normalized spacial score (nSPS) is 29.1. The van der Waals surface area contributed by atoms with Crippen molar-refractivity contribution in [3.05, 3.63) is 18.0 Å². The minimum atomic E-state index is -0.763. The van der Waals surface area contributed by atoms with Crippen molar-refractivity contribution in [2.75, 3.05) is 31.1 Å². The van der Waals surface area contributed by atoms with Crippen LogP contribution in [0.2, 0.25) is 0 Å². The first kappa shape index (κ1) is 15.4. The number of aliphatic carboxylic acids is 1. The molecule has 0 bridgehead atoms. The Bertz CT molecular complexity index is 674. The van der Waals surface area contributed by atoms with Gasteiger partial charge in [0.25, 0.3) is 5.91 Å². The number of aromatic nitrogens is 2. The molecule has 7 heteroatoms. The topological polar surface area (TPSA) is 86.6 Å². The van der Waals surface area contributed by atoms with Crippen molar-refractivity contribution in [3.63, 3.8) is 0 Å². The van der Waals surface area contributed by atoms with Crippen LogP contribution in [0.25, 0.3) is 0 Å². The highest BCUT2D eigenvalue weighted by atomic mass is 16.4. The van der Waals surface area contributed by atoms with Gasteiger partial charge >= 0.3 is 5.97 Å². The average molecular weight is 330 g/mol. The first-order valence-corrected chi connectivity index (χ1v) is 8.71. The van der Waals surface area contributed by atoms with E-state index in [1.54, 1.807) is 17.2 Å². The highest BCUT2D eigenvalue weighted by molar-refractivity contribution is 5.93. The summed E-state index contributed by atoms with van der Waals surface area (Å²) in [5, 5.41) is 9.66. The Kier molecular flexibility index (Phi) is 3.66. The van der Waals surface area contributed by atoms with Gasteiger partial charge < -0.3 is 14.9 Å². The number of nitrogens with zero attached hydrogens (tertiary/aromatic N) is 4. The second-order valence-electron chi connectivity index (χ2n) is 7.17. The zero-order valence-corrected chi connectivity index (χ0v) is 13.6. The van der Waals surface area contributed by atoms with Gasteiger partial charge in [-0.05, 0) is 37.7 Å². The molecule has 2 saturated heterocycles. The number of hydrogen-bond acceptors (Lipinski definition) is 5. The van der Waals surface area contributed by atoms with Crippen molar-refractivity contribution < 1.29 is 14.7 Å². The molecule has 3 heterocycles. The van der Waals surface area contributed by atoms with Gasteiger partial charge in [-0.3, -0.25) is 9.59 Å². The van der Waals surface area contributed by atoms with Gasteiger partial charge in [-0.1, -0.05) is 6.42 Å². The summed E-state index contributed by atoms with van der Waals surface area (Å²) in [5.74, 6) is -0.266. The Morgan fingerprint density at radius 3 is 2.75 bits per heavy atom. The molecule has 0 radical (unpaired) electrons. The molecule has 3 fully saturated rings. The maximum absolute atomic E-state index is 12.8. The minimum Gasteiger partial charge on any atom is -0.481 e. The van der Waals surface area contributed by atoms with Crippen LogP contribution in [0.1, 0.15) is 42.6 Å². The number of hydrogen-bond donors (Lipinski definition) is 1. The summed E-state index contributed by atoms with van der Waals surface area (Å²) < 4.78 is 0. The summed E-state index contributed by atoms with van der Waals surface area (Å²) >= 11 is 0. The third-order valence-electron chi connectivity index (χ3n) is 5.83. The predicted molar refractivity (Wildman–Crippen MR) is 86.8 cm³/mol. The fraction of sp³-hybridized carbons (Fsp3) is 0.647. The van der Waals surface area contributed by atoms with Gasteiger partial charge in [0, 0.05) is 32.4 Å². The summed E-state index contributed by atoms with van der Waals surface area (Å²) in [4.78, 5) is 37.1. The highest BCUT2D eigenvalue weighted by Crippen LogP contribution is 2.49. The van der Waals surface area contributed by atoms with Crippen LogP contribution in [0.5, 0.6) is 0 Å². The zero-order chi connectivity index (χ0) is 16.7. The molecule has 2 atom stereocenters. The molecule has 1 aromatic rings. The van der Waals surface area contributed by atoms with Gasteiger partial charge in [0.2, 0.25) is 5.95 Å². The smallest absolute Gasteiger partial charge is 0.311 e. The fourth-order valence-electron chi connectivity index (χ4n) is 4.49. The van der Waals surface area contributed by atoms with Crippen LogP contribution >= 0.6 is 0 Å². The van der Waals surface area contributed by atoms with Crippen molar-refractivity contribution in [2.45, 2.75) is 32.1 Å². The molecule has 1 amide bonds. The molecule has 1 aliphatic carbocycles. The number of rotatable bonds is 3. The number of amides is 1. The summed E-state index contributed by atoms with van der Waals surface area (Å²) in [6, 6.07) is 1.63. The molecule has 0 aromatic carbocycles. The lowest BCUT2D eigenvalue weighted by Crippen LogP contribution is -2.37. The number of fused-ring (bicyclic) bond motifs is 1. The second kappa shape index (κ2) is 5.72. The molecule has 0 unspecified atom stereocenters. The number of anilines is 1. The van der Waals surface area contributed by atoms with E-state index in [9.17, 15) is 14.7 Å². The SMILES string of the molecule is O=C(c1ccnc(N2CCCC2)n1)N1C[C@@H]2CCC[C@@]2(C(=O)O)C1.